The highest BCUT2D eigenvalue weighted by molar-refractivity contribution is 5.85. The Morgan fingerprint density at radius 2 is 2.12 bits per heavy atom. The molecule has 3 atom stereocenters. The van der Waals surface area contributed by atoms with Crippen LogP contribution in [0.15, 0.2) is 36.8 Å². The average Bonchev–Trinajstić information content (AvgIpc) is 3.30. The number of ether oxygens (including phenoxy) is 1. The molecule has 0 bridgehead atoms. The van der Waals surface area contributed by atoms with Crippen LogP contribution in [-0.4, -0.2) is 44.0 Å². The van der Waals surface area contributed by atoms with Crippen molar-refractivity contribution in [2.24, 2.45) is 0 Å². The first-order valence-corrected chi connectivity index (χ1v) is 8.96. The smallest absolute Gasteiger partial charge is 0.160 e. The maximum Gasteiger partial charge on any atom is 0.160 e. The number of aryl methyl sites for hydroxylation is 1. The van der Waals surface area contributed by atoms with Crippen LogP contribution in [0.25, 0.3) is 11.0 Å². The van der Waals surface area contributed by atoms with E-state index in [2.05, 4.69) is 25.5 Å². The zero-order valence-corrected chi connectivity index (χ0v) is 14.7. The molecule has 0 spiro atoms. The number of aliphatic hydroxyl groups is 1. The lowest BCUT2D eigenvalue weighted by Crippen LogP contribution is -2.20. The van der Waals surface area contributed by atoms with Gasteiger partial charge in [0.2, 0.25) is 0 Å². The Labute approximate surface area is 151 Å². The molecule has 1 aliphatic carbocycles. The van der Waals surface area contributed by atoms with Gasteiger partial charge < -0.3 is 15.2 Å². The van der Waals surface area contributed by atoms with Crippen LogP contribution in [-0.2, 0) is 4.74 Å². The molecule has 0 amide bonds. The molecule has 1 aromatic carbocycles. The van der Waals surface area contributed by atoms with E-state index in [0.717, 1.165) is 41.7 Å². The number of fused-ring (bicyclic) bond motifs is 1. The highest BCUT2D eigenvalue weighted by atomic mass is 16.5. The minimum absolute atomic E-state index is 0.147. The number of H-pyrrole nitrogens is 1. The highest BCUT2D eigenvalue weighted by Gasteiger charge is 2.26. The first-order chi connectivity index (χ1) is 12.7. The van der Waals surface area contributed by atoms with E-state index in [-0.39, 0.29) is 6.10 Å². The third-order valence-electron chi connectivity index (χ3n) is 4.93. The molecular weight excluding hydrogens is 330 g/mol. The van der Waals surface area contributed by atoms with Crippen LogP contribution in [0.3, 0.4) is 0 Å². The van der Waals surface area contributed by atoms with E-state index < -0.39 is 6.10 Å². The van der Waals surface area contributed by atoms with Gasteiger partial charge in [0.05, 0.1) is 24.3 Å². The number of nitrogens with one attached hydrogen (secondary N) is 2. The van der Waals surface area contributed by atoms with Gasteiger partial charge in [0.15, 0.2) is 5.65 Å². The number of nitrogens with zero attached hydrogens (tertiary/aromatic N) is 3. The van der Waals surface area contributed by atoms with Crippen LogP contribution in [0.1, 0.15) is 36.5 Å². The zero-order valence-electron chi connectivity index (χ0n) is 14.7. The molecule has 1 fully saturated rings. The summed E-state index contributed by atoms with van der Waals surface area (Å²) in [7, 11) is 0. The van der Waals surface area contributed by atoms with Crippen molar-refractivity contribution in [2.45, 2.75) is 44.4 Å². The summed E-state index contributed by atoms with van der Waals surface area (Å²) in [6, 6.07) is 8.21. The van der Waals surface area contributed by atoms with Crippen molar-refractivity contribution in [3.05, 3.63) is 47.9 Å². The van der Waals surface area contributed by atoms with Gasteiger partial charge in [0.25, 0.3) is 0 Å². The van der Waals surface area contributed by atoms with Gasteiger partial charge >= 0.3 is 0 Å². The van der Waals surface area contributed by atoms with E-state index in [4.69, 9.17) is 4.74 Å². The Kier molecular flexibility index (Phi) is 4.81. The number of hydrogen-bond acceptors (Lipinski definition) is 6. The molecule has 1 unspecified atom stereocenters. The molecule has 26 heavy (non-hydrogen) atoms. The molecule has 3 N–H and O–H groups in total. The summed E-state index contributed by atoms with van der Waals surface area (Å²) < 4.78 is 5.95. The van der Waals surface area contributed by atoms with Gasteiger partial charge in [-0.3, -0.25) is 5.10 Å². The lowest BCUT2D eigenvalue weighted by Gasteiger charge is -2.17. The van der Waals surface area contributed by atoms with Gasteiger partial charge in [-0.15, -0.1) is 0 Å². The molecule has 0 aliphatic heterocycles. The third kappa shape index (κ3) is 3.68. The molecule has 7 heteroatoms. The Hall–Kier alpha value is -2.51. The Morgan fingerprint density at radius 1 is 1.27 bits per heavy atom. The van der Waals surface area contributed by atoms with Crippen molar-refractivity contribution < 1.29 is 9.84 Å². The van der Waals surface area contributed by atoms with Crippen LogP contribution in [0, 0.1) is 6.92 Å². The molecular formula is C19H23N5O2. The second-order valence-corrected chi connectivity index (χ2v) is 6.89. The summed E-state index contributed by atoms with van der Waals surface area (Å²) in [5.74, 6) is 0.800. The van der Waals surface area contributed by atoms with Gasteiger partial charge in [-0.25, -0.2) is 9.97 Å². The molecule has 136 valence electrons. The Bertz CT molecular complexity index is 864. The molecule has 2 heterocycles. The third-order valence-corrected chi connectivity index (χ3v) is 4.93. The van der Waals surface area contributed by atoms with Gasteiger partial charge in [-0.05, 0) is 31.7 Å². The minimum Gasteiger partial charge on any atom is -0.386 e. The van der Waals surface area contributed by atoms with Gasteiger partial charge in [-0.1, -0.05) is 29.8 Å². The first-order valence-electron chi connectivity index (χ1n) is 8.96. The van der Waals surface area contributed by atoms with Crippen molar-refractivity contribution in [2.75, 3.05) is 11.9 Å². The van der Waals surface area contributed by atoms with Crippen molar-refractivity contribution in [3.8, 4) is 0 Å². The number of aromatic amines is 1. The Balaban J connectivity index is 1.30. The van der Waals surface area contributed by atoms with Crippen LogP contribution in [0.5, 0.6) is 0 Å². The number of rotatable bonds is 6. The summed E-state index contributed by atoms with van der Waals surface area (Å²) in [6.07, 6.45) is 5.70. The molecule has 1 saturated carbocycles. The fourth-order valence-corrected chi connectivity index (χ4v) is 3.41. The fraction of sp³-hybridized carbons (Fsp3) is 0.421. The zero-order chi connectivity index (χ0) is 17.9. The quantitative estimate of drug-likeness (QED) is 0.631. The summed E-state index contributed by atoms with van der Waals surface area (Å²) in [5.41, 5.74) is 2.81. The SMILES string of the molecule is Cc1ccc([C@H](O)COC2CC[C@H](Nc3ncnc4[nH]ncc34)C2)cc1. The summed E-state index contributed by atoms with van der Waals surface area (Å²) in [5, 5.41) is 21.5. The van der Waals surface area contributed by atoms with E-state index in [9.17, 15) is 5.11 Å². The summed E-state index contributed by atoms with van der Waals surface area (Å²) in [4.78, 5) is 8.48. The number of anilines is 1. The minimum atomic E-state index is -0.588. The molecule has 2 aromatic heterocycles. The summed E-state index contributed by atoms with van der Waals surface area (Å²) >= 11 is 0. The van der Waals surface area contributed by atoms with Gasteiger partial charge in [0, 0.05) is 6.04 Å². The number of hydrogen-bond donors (Lipinski definition) is 3. The van der Waals surface area contributed by atoms with E-state index in [1.807, 2.05) is 31.2 Å². The van der Waals surface area contributed by atoms with Crippen molar-refractivity contribution >= 4 is 16.9 Å². The highest BCUT2D eigenvalue weighted by Crippen LogP contribution is 2.27. The van der Waals surface area contributed by atoms with E-state index >= 15 is 0 Å². The predicted octanol–water partition coefficient (Wildman–Crippen LogP) is 2.74. The van der Waals surface area contributed by atoms with Crippen molar-refractivity contribution in [3.63, 3.8) is 0 Å². The lowest BCUT2D eigenvalue weighted by molar-refractivity contribution is -0.00729. The maximum absolute atomic E-state index is 10.3. The van der Waals surface area contributed by atoms with Crippen LogP contribution >= 0.6 is 0 Å². The molecule has 7 nitrogen and oxygen atoms in total. The topological polar surface area (TPSA) is 96.0 Å². The molecule has 4 rings (SSSR count). The molecule has 0 saturated heterocycles. The van der Waals surface area contributed by atoms with Gasteiger partial charge in [0.1, 0.15) is 18.2 Å². The standard InChI is InChI=1S/C19H23N5O2/c1-12-2-4-13(5-3-12)17(25)10-26-15-7-6-14(8-15)23-18-16-9-22-24-19(16)21-11-20-18/h2-5,9,11,14-15,17,25H,6-8,10H2,1H3,(H2,20,21,22,23,24)/t14-,15?,17+/m0/s1. The largest absolute Gasteiger partial charge is 0.386 e. The van der Waals surface area contributed by atoms with Crippen LogP contribution in [0.4, 0.5) is 5.82 Å². The van der Waals surface area contributed by atoms with E-state index in [0.29, 0.717) is 12.6 Å². The van der Waals surface area contributed by atoms with Crippen molar-refractivity contribution in [1.82, 2.24) is 20.2 Å². The van der Waals surface area contributed by atoms with E-state index in [1.165, 1.54) is 11.9 Å². The van der Waals surface area contributed by atoms with Crippen molar-refractivity contribution in [1.29, 1.82) is 0 Å². The normalized spacial score (nSPS) is 21.2. The van der Waals surface area contributed by atoms with E-state index in [1.54, 1.807) is 6.20 Å². The fourth-order valence-electron chi connectivity index (χ4n) is 3.41. The number of aromatic nitrogens is 4. The van der Waals surface area contributed by atoms with Crippen LogP contribution in [0.2, 0.25) is 0 Å². The van der Waals surface area contributed by atoms with Gasteiger partial charge in [-0.2, -0.15) is 5.10 Å². The summed E-state index contributed by atoms with van der Waals surface area (Å²) in [6.45, 7) is 2.35. The lowest BCUT2D eigenvalue weighted by atomic mass is 10.1. The van der Waals surface area contributed by atoms with Crippen LogP contribution < -0.4 is 5.32 Å². The number of aliphatic hydroxyl groups excluding tert-OH is 1. The molecule has 1 aliphatic rings. The molecule has 0 radical (unpaired) electrons. The monoisotopic (exact) mass is 353 g/mol. The Morgan fingerprint density at radius 3 is 2.96 bits per heavy atom. The number of benzene rings is 1. The maximum atomic E-state index is 10.3. The average molecular weight is 353 g/mol. The molecule has 3 aromatic rings. The predicted molar refractivity (Wildman–Crippen MR) is 98.8 cm³/mol. The second-order valence-electron chi connectivity index (χ2n) is 6.89. The first kappa shape index (κ1) is 16.9. The second kappa shape index (κ2) is 7.39.